The molecule has 0 saturated carbocycles. The largest absolute Gasteiger partial charge is 0.377 e. The van der Waals surface area contributed by atoms with Crippen LogP contribution in [0.2, 0.25) is 0 Å². The molecular weight excluding hydrogens is 274 g/mol. The summed E-state index contributed by atoms with van der Waals surface area (Å²) in [5.41, 5.74) is 10.2. The second-order valence-electron chi connectivity index (χ2n) is 6.12. The van der Waals surface area contributed by atoms with Crippen molar-refractivity contribution in [2.24, 2.45) is 5.73 Å². The highest BCUT2D eigenvalue weighted by Crippen LogP contribution is 2.37. The Balaban J connectivity index is 1.70. The number of fused-ring (bicyclic) bond motifs is 1. The minimum Gasteiger partial charge on any atom is -0.377 e. The van der Waals surface area contributed by atoms with E-state index in [1.807, 2.05) is 18.7 Å². The fourth-order valence-corrected chi connectivity index (χ4v) is 3.39. The Labute approximate surface area is 132 Å². The number of nitrogens with two attached hydrogens (primary N) is 1. The average Bonchev–Trinajstić information content (AvgIpc) is 3.13. The van der Waals surface area contributed by atoms with E-state index in [1.54, 1.807) is 0 Å². The van der Waals surface area contributed by atoms with Crippen LogP contribution in [-0.2, 0) is 13.1 Å². The molecule has 3 rings (SSSR count). The number of imidazole rings is 1. The van der Waals surface area contributed by atoms with Gasteiger partial charge < -0.3 is 15.2 Å². The molecule has 22 heavy (non-hydrogen) atoms. The molecule has 118 valence electrons. The van der Waals surface area contributed by atoms with Gasteiger partial charge in [-0.2, -0.15) is 0 Å². The van der Waals surface area contributed by atoms with Gasteiger partial charge in [0.25, 0.3) is 0 Å². The number of aryl methyl sites for hydroxylation is 1. The molecule has 0 amide bonds. The quantitative estimate of drug-likeness (QED) is 0.884. The average molecular weight is 299 g/mol. The van der Waals surface area contributed by atoms with Gasteiger partial charge in [-0.25, -0.2) is 4.98 Å². The van der Waals surface area contributed by atoms with E-state index in [0.717, 1.165) is 26.1 Å². The lowest BCUT2D eigenvalue weighted by Gasteiger charge is -2.23. The van der Waals surface area contributed by atoms with Gasteiger partial charge in [-0.1, -0.05) is 12.1 Å². The van der Waals surface area contributed by atoms with E-state index in [0.29, 0.717) is 12.6 Å². The number of hydrogen-bond acceptors (Lipinski definition) is 4. The summed E-state index contributed by atoms with van der Waals surface area (Å²) in [5.74, 6) is 0. The van der Waals surface area contributed by atoms with Crippen LogP contribution in [0.3, 0.4) is 0 Å². The van der Waals surface area contributed by atoms with Gasteiger partial charge in [0.1, 0.15) is 0 Å². The molecule has 0 radical (unpaired) electrons. The third-order valence-electron chi connectivity index (χ3n) is 4.47. The van der Waals surface area contributed by atoms with Gasteiger partial charge in [0.05, 0.1) is 6.33 Å². The lowest BCUT2D eigenvalue weighted by Crippen LogP contribution is -2.29. The van der Waals surface area contributed by atoms with Gasteiger partial charge in [0.2, 0.25) is 0 Å². The van der Waals surface area contributed by atoms with Gasteiger partial charge in [0, 0.05) is 64.4 Å². The highest BCUT2D eigenvalue weighted by Gasteiger charge is 2.30. The van der Waals surface area contributed by atoms with Crippen LogP contribution in [0.4, 0.5) is 5.69 Å². The van der Waals surface area contributed by atoms with Crippen molar-refractivity contribution in [1.29, 1.82) is 0 Å². The zero-order valence-corrected chi connectivity index (χ0v) is 13.4. The van der Waals surface area contributed by atoms with Crippen molar-refractivity contribution in [3.63, 3.8) is 0 Å². The van der Waals surface area contributed by atoms with Crippen molar-refractivity contribution >= 4 is 5.69 Å². The molecule has 1 unspecified atom stereocenters. The van der Waals surface area contributed by atoms with Gasteiger partial charge in [-0.3, -0.25) is 4.90 Å². The molecule has 0 spiro atoms. The second kappa shape index (κ2) is 6.50. The molecule has 1 aromatic heterocycles. The standard InChI is InChI=1S/C17H25N5/c1-20(2)16-6-3-5-14-15(16)12-22(17(14)11-18)9-4-8-21-10-7-19-13-21/h3,5-7,10,13,17H,4,8-9,11-12,18H2,1-2H3. The second-order valence-corrected chi connectivity index (χ2v) is 6.12. The SMILES string of the molecule is CN(C)c1cccc2c1CN(CCCn1ccnc1)C2CN. The van der Waals surface area contributed by atoms with Crippen molar-refractivity contribution in [2.75, 3.05) is 32.1 Å². The molecule has 2 N–H and O–H groups in total. The van der Waals surface area contributed by atoms with Crippen molar-refractivity contribution in [2.45, 2.75) is 25.6 Å². The fourth-order valence-electron chi connectivity index (χ4n) is 3.39. The lowest BCUT2D eigenvalue weighted by molar-refractivity contribution is 0.213. The van der Waals surface area contributed by atoms with E-state index in [9.17, 15) is 0 Å². The minimum atomic E-state index is 0.345. The fraction of sp³-hybridized carbons (Fsp3) is 0.471. The Morgan fingerprint density at radius 1 is 1.32 bits per heavy atom. The molecule has 5 nitrogen and oxygen atoms in total. The van der Waals surface area contributed by atoms with E-state index >= 15 is 0 Å². The lowest BCUT2D eigenvalue weighted by atomic mass is 10.0. The summed E-state index contributed by atoms with van der Waals surface area (Å²) in [5, 5.41) is 0. The Hall–Kier alpha value is -1.85. The Morgan fingerprint density at radius 3 is 2.86 bits per heavy atom. The number of anilines is 1. The first kappa shape index (κ1) is 15.1. The van der Waals surface area contributed by atoms with Crippen LogP contribution in [-0.4, -0.2) is 41.6 Å². The van der Waals surface area contributed by atoms with Crippen LogP contribution in [0.5, 0.6) is 0 Å². The van der Waals surface area contributed by atoms with Gasteiger partial charge in [0.15, 0.2) is 0 Å². The highest BCUT2D eigenvalue weighted by atomic mass is 15.2. The van der Waals surface area contributed by atoms with Crippen LogP contribution >= 0.6 is 0 Å². The van der Waals surface area contributed by atoms with Crippen LogP contribution < -0.4 is 10.6 Å². The highest BCUT2D eigenvalue weighted by molar-refractivity contribution is 5.58. The molecule has 1 aromatic carbocycles. The normalized spacial score (nSPS) is 17.7. The zero-order valence-electron chi connectivity index (χ0n) is 13.4. The van der Waals surface area contributed by atoms with E-state index in [1.165, 1.54) is 16.8 Å². The van der Waals surface area contributed by atoms with E-state index in [2.05, 4.69) is 51.6 Å². The molecule has 0 aliphatic carbocycles. The summed E-state index contributed by atoms with van der Waals surface area (Å²) in [4.78, 5) is 8.80. The molecular formula is C17H25N5. The predicted molar refractivity (Wildman–Crippen MR) is 89.8 cm³/mol. The Morgan fingerprint density at radius 2 is 2.18 bits per heavy atom. The third kappa shape index (κ3) is 2.87. The van der Waals surface area contributed by atoms with Crippen LogP contribution in [0.1, 0.15) is 23.6 Å². The van der Waals surface area contributed by atoms with E-state index < -0.39 is 0 Å². The van der Waals surface area contributed by atoms with Crippen molar-refractivity contribution in [3.8, 4) is 0 Å². The maximum absolute atomic E-state index is 6.06. The summed E-state index contributed by atoms with van der Waals surface area (Å²) in [7, 11) is 4.21. The van der Waals surface area contributed by atoms with Gasteiger partial charge in [-0.15, -0.1) is 0 Å². The number of rotatable bonds is 6. The Bertz CT molecular complexity index is 606. The first-order chi connectivity index (χ1) is 10.7. The smallest absolute Gasteiger partial charge is 0.0945 e. The first-order valence-electron chi connectivity index (χ1n) is 7.89. The summed E-state index contributed by atoms with van der Waals surface area (Å²) >= 11 is 0. The first-order valence-corrected chi connectivity index (χ1v) is 7.89. The van der Waals surface area contributed by atoms with Crippen LogP contribution in [0.15, 0.2) is 36.9 Å². The Kier molecular flexibility index (Phi) is 4.45. The number of benzene rings is 1. The third-order valence-corrected chi connectivity index (χ3v) is 4.47. The predicted octanol–water partition coefficient (Wildman–Crippen LogP) is 1.85. The van der Waals surface area contributed by atoms with E-state index in [-0.39, 0.29) is 0 Å². The van der Waals surface area contributed by atoms with Gasteiger partial charge >= 0.3 is 0 Å². The molecule has 2 heterocycles. The minimum absolute atomic E-state index is 0.345. The number of hydrogen-bond donors (Lipinski definition) is 1. The molecule has 1 atom stereocenters. The summed E-state index contributed by atoms with van der Waals surface area (Å²) < 4.78 is 2.13. The van der Waals surface area contributed by atoms with Gasteiger partial charge in [-0.05, 0) is 23.6 Å². The van der Waals surface area contributed by atoms with Crippen molar-refractivity contribution < 1.29 is 0 Å². The molecule has 2 aromatic rings. The molecule has 0 saturated heterocycles. The number of aromatic nitrogens is 2. The topological polar surface area (TPSA) is 50.3 Å². The molecule has 1 aliphatic rings. The zero-order chi connectivity index (χ0) is 15.5. The number of nitrogens with zero attached hydrogens (tertiary/aromatic N) is 4. The molecule has 5 heteroatoms. The van der Waals surface area contributed by atoms with Crippen molar-refractivity contribution in [3.05, 3.63) is 48.0 Å². The van der Waals surface area contributed by atoms with Crippen molar-refractivity contribution in [1.82, 2.24) is 14.5 Å². The summed E-state index contributed by atoms with van der Waals surface area (Å²) in [6.45, 7) is 3.73. The van der Waals surface area contributed by atoms with E-state index in [4.69, 9.17) is 5.73 Å². The molecule has 0 fully saturated rings. The van der Waals surface area contributed by atoms with Crippen LogP contribution in [0.25, 0.3) is 0 Å². The molecule has 0 bridgehead atoms. The maximum atomic E-state index is 6.06. The maximum Gasteiger partial charge on any atom is 0.0945 e. The summed E-state index contributed by atoms with van der Waals surface area (Å²) in [6.07, 6.45) is 6.84. The van der Waals surface area contributed by atoms with Crippen LogP contribution in [0, 0.1) is 0 Å². The summed E-state index contributed by atoms with van der Waals surface area (Å²) in [6, 6.07) is 6.92. The molecule has 1 aliphatic heterocycles. The monoisotopic (exact) mass is 299 g/mol.